The molecule has 0 heterocycles. The van der Waals surface area contributed by atoms with Crippen LogP contribution in [0.1, 0.15) is 18.4 Å². The van der Waals surface area contributed by atoms with Gasteiger partial charge in [0, 0.05) is 12.1 Å². The average Bonchev–Trinajstić information content (AvgIpc) is 3.11. The molecule has 96 valence electrons. The van der Waals surface area contributed by atoms with Crippen molar-refractivity contribution in [2.75, 3.05) is 0 Å². The maximum absolute atomic E-state index is 13.3. The lowest BCUT2D eigenvalue weighted by Gasteiger charge is -2.13. The predicted molar refractivity (Wildman–Crippen MR) is 66.7 cm³/mol. The van der Waals surface area contributed by atoms with Crippen molar-refractivity contribution in [1.82, 2.24) is 5.32 Å². The second-order valence-electron chi connectivity index (χ2n) is 4.36. The zero-order chi connectivity index (χ0) is 13.3. The van der Waals surface area contributed by atoms with Gasteiger partial charge in [-0.2, -0.15) is 0 Å². The Bertz CT molecular complexity index is 515. The summed E-state index contributed by atoms with van der Waals surface area (Å²) in [6.07, 6.45) is 1.22. The quantitative estimate of drug-likeness (QED) is 0.818. The minimum atomic E-state index is -0.779. The Hall–Kier alpha value is -1.56. The van der Waals surface area contributed by atoms with Crippen molar-refractivity contribution in [3.8, 4) is 0 Å². The molecule has 0 bridgehead atoms. The summed E-state index contributed by atoms with van der Waals surface area (Å²) in [7, 11) is 0. The molecule has 3 nitrogen and oxygen atoms in total. The molecule has 0 saturated heterocycles. The van der Waals surface area contributed by atoms with E-state index in [0.717, 1.165) is 18.2 Å². The molecule has 6 heteroatoms. The van der Waals surface area contributed by atoms with E-state index in [9.17, 15) is 13.6 Å². The highest BCUT2D eigenvalue weighted by atomic mass is 32.1. The van der Waals surface area contributed by atoms with Crippen LogP contribution < -0.4 is 11.1 Å². The SMILES string of the molecule is NC(=S)C1(C(=O)NCc2cc(F)ccc2F)CC1. The maximum atomic E-state index is 13.3. The van der Waals surface area contributed by atoms with Gasteiger partial charge in [-0.05, 0) is 31.0 Å². The fraction of sp³-hybridized carbons (Fsp3) is 0.333. The molecule has 1 aliphatic rings. The van der Waals surface area contributed by atoms with Crippen LogP contribution in [0.15, 0.2) is 18.2 Å². The van der Waals surface area contributed by atoms with Crippen LogP contribution in [0.3, 0.4) is 0 Å². The Kier molecular flexibility index (Phi) is 3.30. The molecule has 0 aromatic heterocycles. The van der Waals surface area contributed by atoms with Gasteiger partial charge in [-0.25, -0.2) is 8.78 Å². The lowest BCUT2D eigenvalue weighted by atomic mass is 10.1. The Morgan fingerprint density at radius 1 is 1.44 bits per heavy atom. The number of carbonyl (C=O) groups excluding carboxylic acids is 1. The first-order valence-corrected chi connectivity index (χ1v) is 5.89. The van der Waals surface area contributed by atoms with Crippen LogP contribution >= 0.6 is 12.2 Å². The normalized spacial score (nSPS) is 16.1. The number of nitrogens with two attached hydrogens (primary N) is 1. The summed E-state index contributed by atoms with van der Waals surface area (Å²) in [6, 6.07) is 3.10. The third kappa shape index (κ3) is 2.33. The van der Waals surface area contributed by atoms with Crippen LogP contribution in [-0.2, 0) is 11.3 Å². The molecule has 18 heavy (non-hydrogen) atoms. The highest BCUT2D eigenvalue weighted by Gasteiger charge is 2.52. The zero-order valence-corrected chi connectivity index (χ0v) is 10.3. The highest BCUT2D eigenvalue weighted by molar-refractivity contribution is 7.80. The van der Waals surface area contributed by atoms with E-state index in [4.69, 9.17) is 18.0 Å². The minimum Gasteiger partial charge on any atom is -0.392 e. The van der Waals surface area contributed by atoms with Crippen molar-refractivity contribution in [2.45, 2.75) is 19.4 Å². The second kappa shape index (κ2) is 4.61. The fourth-order valence-corrected chi connectivity index (χ4v) is 2.03. The summed E-state index contributed by atoms with van der Waals surface area (Å²) in [5.74, 6) is -1.42. The van der Waals surface area contributed by atoms with Gasteiger partial charge in [-0.15, -0.1) is 0 Å². The van der Waals surface area contributed by atoms with E-state index < -0.39 is 17.0 Å². The van der Waals surface area contributed by atoms with Crippen molar-refractivity contribution >= 4 is 23.1 Å². The Morgan fingerprint density at radius 2 is 2.11 bits per heavy atom. The molecule has 1 aliphatic carbocycles. The van der Waals surface area contributed by atoms with E-state index in [1.807, 2.05) is 0 Å². The average molecular weight is 270 g/mol. The molecule has 0 unspecified atom stereocenters. The van der Waals surface area contributed by atoms with Crippen LogP contribution in [0.25, 0.3) is 0 Å². The number of nitrogens with one attached hydrogen (secondary N) is 1. The molecule has 1 aromatic carbocycles. The first-order valence-electron chi connectivity index (χ1n) is 5.48. The van der Waals surface area contributed by atoms with Gasteiger partial charge in [-0.3, -0.25) is 4.79 Å². The summed E-state index contributed by atoms with van der Waals surface area (Å²) >= 11 is 4.83. The number of thiocarbonyl (C=S) groups is 1. The number of halogens is 2. The monoisotopic (exact) mass is 270 g/mol. The number of hydrogen-bond acceptors (Lipinski definition) is 2. The maximum Gasteiger partial charge on any atom is 0.233 e. The molecule has 0 atom stereocenters. The third-order valence-corrected chi connectivity index (χ3v) is 3.49. The Morgan fingerprint density at radius 3 is 2.67 bits per heavy atom. The molecular formula is C12H12F2N2OS. The van der Waals surface area contributed by atoms with Crippen LogP contribution in [-0.4, -0.2) is 10.9 Å². The van der Waals surface area contributed by atoms with E-state index >= 15 is 0 Å². The van der Waals surface area contributed by atoms with Gasteiger partial charge >= 0.3 is 0 Å². The largest absolute Gasteiger partial charge is 0.392 e. The van der Waals surface area contributed by atoms with Gasteiger partial charge in [0.1, 0.15) is 11.6 Å². The van der Waals surface area contributed by atoms with Crippen molar-refractivity contribution < 1.29 is 13.6 Å². The standard InChI is InChI=1S/C12H12F2N2OS/c13-8-1-2-9(14)7(5-8)6-16-11(17)12(3-4-12)10(15)18/h1-2,5H,3-4,6H2,(H2,15,18)(H,16,17). The van der Waals surface area contributed by atoms with Crippen LogP contribution in [0.2, 0.25) is 0 Å². The van der Waals surface area contributed by atoms with E-state index in [0.29, 0.717) is 12.8 Å². The van der Waals surface area contributed by atoms with Crippen molar-refractivity contribution in [2.24, 2.45) is 11.1 Å². The first kappa shape index (κ1) is 12.9. The molecule has 2 rings (SSSR count). The van der Waals surface area contributed by atoms with Gasteiger partial charge in [0.05, 0.1) is 10.4 Å². The zero-order valence-electron chi connectivity index (χ0n) is 9.50. The molecule has 1 aromatic rings. The van der Waals surface area contributed by atoms with Gasteiger partial charge in [0.25, 0.3) is 0 Å². The number of amides is 1. The predicted octanol–water partition coefficient (Wildman–Crippen LogP) is 1.65. The van der Waals surface area contributed by atoms with E-state index in [-0.39, 0.29) is 23.0 Å². The third-order valence-electron chi connectivity index (χ3n) is 3.10. The lowest BCUT2D eigenvalue weighted by Crippen LogP contribution is -2.39. The summed E-state index contributed by atoms with van der Waals surface area (Å²) in [5.41, 5.74) is 4.81. The van der Waals surface area contributed by atoms with Gasteiger partial charge in [0.2, 0.25) is 5.91 Å². The van der Waals surface area contributed by atoms with E-state index in [1.54, 1.807) is 0 Å². The Balaban J connectivity index is 2.02. The van der Waals surface area contributed by atoms with Crippen molar-refractivity contribution in [1.29, 1.82) is 0 Å². The van der Waals surface area contributed by atoms with E-state index in [2.05, 4.69) is 5.32 Å². The van der Waals surface area contributed by atoms with Gasteiger partial charge in [0.15, 0.2) is 0 Å². The molecule has 1 amide bonds. The summed E-state index contributed by atoms with van der Waals surface area (Å²) < 4.78 is 26.2. The molecular weight excluding hydrogens is 258 g/mol. The summed E-state index contributed by atoms with van der Waals surface area (Å²) in [5, 5.41) is 2.54. The minimum absolute atomic E-state index is 0.0766. The van der Waals surface area contributed by atoms with Crippen LogP contribution in [0.5, 0.6) is 0 Å². The van der Waals surface area contributed by atoms with Crippen LogP contribution in [0.4, 0.5) is 8.78 Å². The number of hydrogen-bond donors (Lipinski definition) is 2. The molecule has 1 saturated carbocycles. The number of benzene rings is 1. The molecule has 3 N–H and O–H groups in total. The smallest absolute Gasteiger partial charge is 0.233 e. The Labute approximate surface area is 108 Å². The highest BCUT2D eigenvalue weighted by Crippen LogP contribution is 2.46. The van der Waals surface area contributed by atoms with Crippen LogP contribution in [0, 0.1) is 17.0 Å². The number of rotatable bonds is 4. The first-order chi connectivity index (χ1) is 8.45. The van der Waals surface area contributed by atoms with Gasteiger partial charge < -0.3 is 11.1 Å². The van der Waals surface area contributed by atoms with Gasteiger partial charge in [-0.1, -0.05) is 12.2 Å². The summed E-state index contributed by atoms with van der Waals surface area (Å²) in [4.78, 5) is 12.0. The molecule has 1 fully saturated rings. The van der Waals surface area contributed by atoms with Crippen molar-refractivity contribution in [3.05, 3.63) is 35.4 Å². The molecule has 0 aliphatic heterocycles. The lowest BCUT2D eigenvalue weighted by molar-refractivity contribution is -0.124. The topological polar surface area (TPSA) is 55.1 Å². The summed E-state index contributed by atoms with van der Waals surface area (Å²) in [6.45, 7) is -0.0766. The molecule has 0 spiro atoms. The molecule has 0 radical (unpaired) electrons. The fourth-order valence-electron chi connectivity index (χ4n) is 1.73. The number of carbonyl (C=O) groups is 1. The van der Waals surface area contributed by atoms with Crippen molar-refractivity contribution in [3.63, 3.8) is 0 Å². The second-order valence-corrected chi connectivity index (χ2v) is 4.80. The van der Waals surface area contributed by atoms with E-state index in [1.165, 1.54) is 0 Å².